The van der Waals surface area contributed by atoms with Crippen molar-refractivity contribution in [1.82, 2.24) is 9.55 Å². The molecule has 1 heterocycles. The van der Waals surface area contributed by atoms with E-state index in [1.165, 1.54) is 10.8 Å². The molecule has 0 aliphatic carbocycles. The second-order valence-corrected chi connectivity index (χ2v) is 4.31. The van der Waals surface area contributed by atoms with Gasteiger partial charge in [0.2, 0.25) is 0 Å². The van der Waals surface area contributed by atoms with Gasteiger partial charge in [-0.1, -0.05) is 25.4 Å². The van der Waals surface area contributed by atoms with E-state index < -0.39 is 11.2 Å². The van der Waals surface area contributed by atoms with Crippen LogP contribution in [0.3, 0.4) is 0 Å². The fourth-order valence-corrected chi connectivity index (χ4v) is 1.30. The number of aromatic nitrogens is 2. The van der Waals surface area contributed by atoms with Crippen molar-refractivity contribution >= 4 is 11.6 Å². The maximum Gasteiger partial charge on any atom is 0.328 e. The summed E-state index contributed by atoms with van der Waals surface area (Å²) < 4.78 is 6.65. The number of nitrogens with zero attached hydrogens (tertiary/aromatic N) is 1. The number of nitrogens with one attached hydrogen (secondary N) is 1. The van der Waals surface area contributed by atoms with Crippen molar-refractivity contribution in [3.8, 4) is 0 Å². The SMILES string of the molecule is CC(C)COCCn1cc(Cl)c(=O)[nH]c1=O. The van der Waals surface area contributed by atoms with E-state index in [4.69, 9.17) is 16.3 Å². The lowest BCUT2D eigenvalue weighted by Gasteiger charge is -2.08. The van der Waals surface area contributed by atoms with Gasteiger partial charge in [0.25, 0.3) is 5.56 Å². The number of rotatable bonds is 5. The van der Waals surface area contributed by atoms with E-state index in [-0.39, 0.29) is 5.02 Å². The summed E-state index contributed by atoms with van der Waals surface area (Å²) in [4.78, 5) is 24.4. The van der Waals surface area contributed by atoms with Crippen molar-refractivity contribution in [2.24, 2.45) is 5.92 Å². The zero-order valence-electron chi connectivity index (χ0n) is 9.33. The number of ether oxygens (including phenoxy) is 1. The summed E-state index contributed by atoms with van der Waals surface area (Å²) in [6, 6.07) is 0. The third-order valence-corrected chi connectivity index (χ3v) is 2.16. The molecule has 0 spiro atoms. The van der Waals surface area contributed by atoms with Crippen LogP contribution in [0.15, 0.2) is 15.8 Å². The summed E-state index contributed by atoms with van der Waals surface area (Å²) in [6.45, 7) is 5.53. The van der Waals surface area contributed by atoms with Gasteiger partial charge in [-0.25, -0.2) is 4.79 Å². The highest BCUT2D eigenvalue weighted by molar-refractivity contribution is 6.30. The Labute approximate surface area is 98.0 Å². The summed E-state index contributed by atoms with van der Waals surface area (Å²) in [7, 11) is 0. The summed E-state index contributed by atoms with van der Waals surface area (Å²) >= 11 is 5.60. The molecule has 0 radical (unpaired) electrons. The first-order chi connectivity index (χ1) is 7.50. The Kier molecular flexibility index (Phi) is 4.76. The zero-order valence-corrected chi connectivity index (χ0v) is 10.1. The molecule has 1 aromatic heterocycles. The van der Waals surface area contributed by atoms with Crippen LogP contribution in [0.25, 0.3) is 0 Å². The highest BCUT2D eigenvalue weighted by Gasteiger charge is 2.02. The molecule has 0 aromatic carbocycles. The molecule has 0 aliphatic rings. The fourth-order valence-electron chi connectivity index (χ4n) is 1.13. The molecule has 0 atom stereocenters. The smallest absolute Gasteiger partial charge is 0.328 e. The first-order valence-electron chi connectivity index (χ1n) is 5.07. The van der Waals surface area contributed by atoms with Gasteiger partial charge < -0.3 is 4.74 Å². The minimum absolute atomic E-state index is 0.00320. The first-order valence-corrected chi connectivity index (χ1v) is 5.45. The van der Waals surface area contributed by atoms with Crippen molar-refractivity contribution in [1.29, 1.82) is 0 Å². The van der Waals surface area contributed by atoms with Crippen LogP contribution in [0.4, 0.5) is 0 Å². The summed E-state index contributed by atoms with van der Waals surface area (Å²) in [5.41, 5.74) is -1.03. The molecule has 0 unspecified atom stereocenters. The monoisotopic (exact) mass is 246 g/mol. The van der Waals surface area contributed by atoms with Gasteiger partial charge >= 0.3 is 5.69 Å². The molecule has 0 amide bonds. The van der Waals surface area contributed by atoms with E-state index in [1.54, 1.807) is 0 Å². The molecule has 0 saturated heterocycles. The molecule has 1 aromatic rings. The highest BCUT2D eigenvalue weighted by atomic mass is 35.5. The highest BCUT2D eigenvalue weighted by Crippen LogP contribution is 1.96. The molecule has 1 rings (SSSR count). The largest absolute Gasteiger partial charge is 0.379 e. The van der Waals surface area contributed by atoms with Gasteiger partial charge in [0.15, 0.2) is 0 Å². The first kappa shape index (κ1) is 13.0. The van der Waals surface area contributed by atoms with Crippen LogP contribution >= 0.6 is 11.6 Å². The Morgan fingerprint density at radius 1 is 1.50 bits per heavy atom. The van der Waals surface area contributed by atoms with Crippen LogP contribution in [-0.4, -0.2) is 22.8 Å². The molecule has 90 valence electrons. The summed E-state index contributed by atoms with van der Waals surface area (Å²) in [6.07, 6.45) is 1.32. The number of H-pyrrole nitrogens is 1. The quantitative estimate of drug-likeness (QED) is 0.784. The molecule has 5 nitrogen and oxygen atoms in total. The van der Waals surface area contributed by atoms with E-state index >= 15 is 0 Å². The molecule has 6 heteroatoms. The molecular weight excluding hydrogens is 232 g/mol. The van der Waals surface area contributed by atoms with Crippen molar-refractivity contribution in [2.45, 2.75) is 20.4 Å². The van der Waals surface area contributed by atoms with Crippen molar-refractivity contribution < 1.29 is 4.74 Å². The third-order valence-electron chi connectivity index (χ3n) is 1.90. The molecule has 0 bridgehead atoms. The van der Waals surface area contributed by atoms with Crippen LogP contribution in [0, 0.1) is 5.92 Å². The Bertz CT molecular complexity index is 450. The van der Waals surface area contributed by atoms with Crippen LogP contribution in [0.2, 0.25) is 5.02 Å². The Morgan fingerprint density at radius 2 is 2.19 bits per heavy atom. The van der Waals surface area contributed by atoms with Gasteiger partial charge in [-0.15, -0.1) is 0 Å². The van der Waals surface area contributed by atoms with Crippen LogP contribution in [0.5, 0.6) is 0 Å². The summed E-state index contributed by atoms with van der Waals surface area (Å²) in [5.74, 6) is 0.455. The molecular formula is C10H15ClN2O3. The van der Waals surface area contributed by atoms with E-state index in [2.05, 4.69) is 4.98 Å². The minimum atomic E-state index is -0.564. The Morgan fingerprint density at radius 3 is 2.81 bits per heavy atom. The number of hydrogen-bond acceptors (Lipinski definition) is 3. The second kappa shape index (κ2) is 5.86. The Balaban J connectivity index is 2.58. The van der Waals surface area contributed by atoms with Gasteiger partial charge in [0.05, 0.1) is 13.2 Å². The average Bonchev–Trinajstić information content (AvgIpc) is 2.19. The lowest BCUT2D eigenvalue weighted by atomic mass is 10.2. The average molecular weight is 247 g/mol. The molecule has 0 aliphatic heterocycles. The predicted octanol–water partition coefficient (Wildman–Crippen LogP) is 0.863. The van der Waals surface area contributed by atoms with E-state index in [0.29, 0.717) is 25.7 Å². The minimum Gasteiger partial charge on any atom is -0.379 e. The molecule has 16 heavy (non-hydrogen) atoms. The Hall–Kier alpha value is -1.07. The zero-order chi connectivity index (χ0) is 12.1. The second-order valence-electron chi connectivity index (χ2n) is 3.90. The number of halogens is 1. The standard InChI is InChI=1S/C10H15ClN2O3/c1-7(2)6-16-4-3-13-5-8(11)9(14)12-10(13)15/h5,7H,3-4,6H2,1-2H3,(H,12,14,15). The fraction of sp³-hybridized carbons (Fsp3) is 0.600. The lowest BCUT2D eigenvalue weighted by molar-refractivity contribution is 0.102. The van der Waals surface area contributed by atoms with E-state index in [9.17, 15) is 9.59 Å². The van der Waals surface area contributed by atoms with Gasteiger partial charge in [-0.05, 0) is 5.92 Å². The van der Waals surface area contributed by atoms with Gasteiger partial charge in [0.1, 0.15) is 5.02 Å². The third kappa shape index (κ3) is 3.83. The molecule has 0 saturated carbocycles. The van der Waals surface area contributed by atoms with Gasteiger partial charge in [0, 0.05) is 12.8 Å². The van der Waals surface area contributed by atoms with Crippen molar-refractivity contribution in [2.75, 3.05) is 13.2 Å². The molecule has 1 N–H and O–H groups in total. The lowest BCUT2D eigenvalue weighted by Crippen LogP contribution is -2.30. The number of aromatic amines is 1. The van der Waals surface area contributed by atoms with E-state index in [1.807, 2.05) is 13.8 Å². The number of hydrogen-bond donors (Lipinski definition) is 1. The van der Waals surface area contributed by atoms with Crippen molar-refractivity contribution in [3.05, 3.63) is 32.1 Å². The van der Waals surface area contributed by atoms with E-state index in [0.717, 1.165) is 0 Å². The van der Waals surface area contributed by atoms with Crippen LogP contribution < -0.4 is 11.2 Å². The maximum absolute atomic E-state index is 11.3. The van der Waals surface area contributed by atoms with Crippen LogP contribution in [0.1, 0.15) is 13.8 Å². The maximum atomic E-state index is 11.3. The van der Waals surface area contributed by atoms with Crippen molar-refractivity contribution in [3.63, 3.8) is 0 Å². The molecule has 0 fully saturated rings. The van der Waals surface area contributed by atoms with Gasteiger partial charge in [-0.2, -0.15) is 0 Å². The topological polar surface area (TPSA) is 64.1 Å². The predicted molar refractivity (Wildman–Crippen MR) is 62.0 cm³/mol. The van der Waals surface area contributed by atoms with Crippen LogP contribution in [-0.2, 0) is 11.3 Å². The normalized spacial score (nSPS) is 11.0. The summed E-state index contributed by atoms with van der Waals surface area (Å²) in [5, 5.41) is 0.00320. The van der Waals surface area contributed by atoms with Gasteiger partial charge in [-0.3, -0.25) is 14.3 Å².